The Hall–Kier alpha value is -1.42. The monoisotopic (exact) mass is 230 g/mol. The highest BCUT2D eigenvalue weighted by Gasteiger charge is 2.28. The van der Waals surface area contributed by atoms with Crippen LogP contribution in [-0.2, 0) is 6.42 Å². The lowest BCUT2D eigenvalue weighted by molar-refractivity contribution is 0.591. The third-order valence-electron chi connectivity index (χ3n) is 3.40. The van der Waals surface area contributed by atoms with Crippen LogP contribution in [0, 0.1) is 0 Å². The summed E-state index contributed by atoms with van der Waals surface area (Å²) in [5.41, 5.74) is 8.06. The molecule has 0 aliphatic heterocycles. The molecule has 0 radical (unpaired) electrons. The molecule has 2 N–H and O–H groups in total. The lowest BCUT2D eigenvalue weighted by atomic mass is 10.1. The maximum atomic E-state index is 6.04. The fourth-order valence-electron chi connectivity index (χ4n) is 2.22. The summed E-state index contributed by atoms with van der Waals surface area (Å²) in [7, 11) is 0. The molecule has 0 bridgehead atoms. The van der Waals surface area contributed by atoms with Crippen molar-refractivity contribution in [3.8, 4) is 0 Å². The summed E-state index contributed by atoms with van der Waals surface area (Å²) in [5, 5.41) is 0. The largest absolute Gasteiger partial charge is 0.327 e. The first-order chi connectivity index (χ1) is 8.29. The molecule has 0 amide bonds. The van der Waals surface area contributed by atoms with E-state index in [4.69, 9.17) is 5.73 Å². The smallest absolute Gasteiger partial charge is 0.160 e. The molecule has 1 aliphatic carbocycles. The van der Waals surface area contributed by atoms with Gasteiger partial charge >= 0.3 is 0 Å². The Morgan fingerprint density at radius 2 is 2.35 bits per heavy atom. The summed E-state index contributed by atoms with van der Waals surface area (Å²) in [6.07, 6.45) is 6.17. The van der Waals surface area contributed by atoms with E-state index in [0.29, 0.717) is 6.04 Å². The molecule has 2 aromatic rings. The van der Waals surface area contributed by atoms with Crippen molar-refractivity contribution in [2.75, 3.05) is 0 Å². The van der Waals surface area contributed by atoms with Gasteiger partial charge in [0, 0.05) is 24.7 Å². The van der Waals surface area contributed by atoms with E-state index in [-0.39, 0.29) is 6.04 Å². The zero-order chi connectivity index (χ0) is 11.8. The number of nitrogens with two attached hydrogens (primary N) is 1. The number of hydrogen-bond donors (Lipinski definition) is 1. The molecule has 17 heavy (non-hydrogen) atoms. The maximum absolute atomic E-state index is 6.04. The van der Waals surface area contributed by atoms with E-state index in [2.05, 4.69) is 21.5 Å². The summed E-state index contributed by atoms with van der Waals surface area (Å²) < 4.78 is 2.30. The van der Waals surface area contributed by atoms with Crippen LogP contribution in [0.25, 0.3) is 11.2 Å². The Morgan fingerprint density at radius 3 is 3.06 bits per heavy atom. The number of rotatable bonds is 4. The van der Waals surface area contributed by atoms with Crippen LogP contribution in [0.4, 0.5) is 0 Å². The first kappa shape index (κ1) is 10.7. The van der Waals surface area contributed by atoms with Crippen molar-refractivity contribution < 1.29 is 0 Å². The zero-order valence-corrected chi connectivity index (χ0v) is 10.1. The van der Waals surface area contributed by atoms with Gasteiger partial charge in [0.15, 0.2) is 5.65 Å². The van der Waals surface area contributed by atoms with E-state index in [0.717, 1.165) is 29.8 Å². The van der Waals surface area contributed by atoms with Gasteiger partial charge in [0.25, 0.3) is 0 Å². The quantitative estimate of drug-likeness (QED) is 0.874. The fourth-order valence-corrected chi connectivity index (χ4v) is 2.22. The minimum atomic E-state index is 0.198. The van der Waals surface area contributed by atoms with E-state index in [9.17, 15) is 0 Å². The first-order valence-electron chi connectivity index (χ1n) is 6.37. The Kier molecular flexibility index (Phi) is 2.59. The summed E-state index contributed by atoms with van der Waals surface area (Å²) in [4.78, 5) is 9.14. The minimum absolute atomic E-state index is 0.198. The maximum Gasteiger partial charge on any atom is 0.160 e. The average Bonchev–Trinajstić information content (AvgIpc) is 3.11. The summed E-state index contributed by atoms with van der Waals surface area (Å²) >= 11 is 0. The predicted octanol–water partition coefficient (Wildman–Crippen LogP) is 2.05. The molecule has 2 aromatic heterocycles. The minimum Gasteiger partial charge on any atom is -0.327 e. The molecule has 90 valence electrons. The van der Waals surface area contributed by atoms with Crippen molar-refractivity contribution in [2.24, 2.45) is 5.73 Å². The van der Waals surface area contributed by atoms with Crippen LogP contribution >= 0.6 is 0 Å². The van der Waals surface area contributed by atoms with Crippen molar-refractivity contribution in [3.63, 3.8) is 0 Å². The van der Waals surface area contributed by atoms with Crippen LogP contribution < -0.4 is 5.73 Å². The Balaban J connectivity index is 2.06. The first-order valence-corrected chi connectivity index (χ1v) is 6.37. The lowest BCUT2D eigenvalue weighted by Crippen LogP contribution is -2.23. The molecule has 1 unspecified atom stereocenters. The topological polar surface area (TPSA) is 56.7 Å². The van der Waals surface area contributed by atoms with E-state index < -0.39 is 0 Å². The Morgan fingerprint density at radius 1 is 1.53 bits per heavy atom. The van der Waals surface area contributed by atoms with Gasteiger partial charge < -0.3 is 10.3 Å². The fraction of sp³-hybridized carbons (Fsp3) is 0.538. The molecule has 0 spiro atoms. The van der Waals surface area contributed by atoms with Crippen LogP contribution in [-0.4, -0.2) is 20.6 Å². The van der Waals surface area contributed by atoms with Gasteiger partial charge in [0.1, 0.15) is 11.3 Å². The van der Waals surface area contributed by atoms with Crippen molar-refractivity contribution in [3.05, 3.63) is 24.2 Å². The molecule has 0 saturated heterocycles. The molecule has 1 fully saturated rings. The van der Waals surface area contributed by atoms with Gasteiger partial charge in [-0.2, -0.15) is 0 Å². The highest BCUT2D eigenvalue weighted by Crippen LogP contribution is 2.38. The number of nitrogens with zero attached hydrogens (tertiary/aromatic N) is 3. The van der Waals surface area contributed by atoms with Crippen LogP contribution in [0.2, 0.25) is 0 Å². The van der Waals surface area contributed by atoms with Gasteiger partial charge in [-0.3, -0.25) is 0 Å². The SMILES string of the molecule is CCC(N)Cc1nc2cccnc2n1C1CC1. The molecule has 1 atom stereocenters. The van der Waals surface area contributed by atoms with Crippen LogP contribution in [0.5, 0.6) is 0 Å². The number of pyridine rings is 1. The third-order valence-corrected chi connectivity index (χ3v) is 3.40. The molecule has 2 heterocycles. The standard InChI is InChI=1S/C13H18N4/c1-2-9(14)8-12-16-11-4-3-7-15-13(11)17(12)10-5-6-10/h3-4,7,9-10H,2,5-6,8,14H2,1H3. The lowest BCUT2D eigenvalue weighted by Gasteiger charge is -2.10. The molecular formula is C13H18N4. The second-order valence-electron chi connectivity index (χ2n) is 4.85. The third kappa shape index (κ3) is 1.93. The number of hydrogen-bond acceptors (Lipinski definition) is 3. The van der Waals surface area contributed by atoms with Gasteiger partial charge in [-0.1, -0.05) is 6.92 Å². The Labute approximate surface area is 101 Å². The second kappa shape index (κ2) is 4.11. The van der Waals surface area contributed by atoms with Crippen LogP contribution in [0.3, 0.4) is 0 Å². The molecular weight excluding hydrogens is 212 g/mol. The van der Waals surface area contributed by atoms with Crippen LogP contribution in [0.1, 0.15) is 38.1 Å². The molecule has 1 saturated carbocycles. The Bertz CT molecular complexity index is 527. The van der Waals surface area contributed by atoms with Crippen molar-refractivity contribution >= 4 is 11.2 Å². The van der Waals surface area contributed by atoms with Crippen molar-refractivity contribution in [1.29, 1.82) is 0 Å². The molecule has 0 aromatic carbocycles. The number of imidazole rings is 1. The molecule has 4 heteroatoms. The number of aromatic nitrogens is 3. The van der Waals surface area contributed by atoms with Gasteiger partial charge in [0.2, 0.25) is 0 Å². The van der Waals surface area contributed by atoms with E-state index >= 15 is 0 Å². The highest BCUT2D eigenvalue weighted by atomic mass is 15.2. The zero-order valence-electron chi connectivity index (χ0n) is 10.1. The van der Waals surface area contributed by atoms with Crippen molar-refractivity contribution in [1.82, 2.24) is 14.5 Å². The van der Waals surface area contributed by atoms with E-state index in [1.54, 1.807) is 0 Å². The molecule has 1 aliphatic rings. The number of fused-ring (bicyclic) bond motifs is 1. The van der Waals surface area contributed by atoms with Crippen LogP contribution in [0.15, 0.2) is 18.3 Å². The van der Waals surface area contributed by atoms with Crippen molar-refractivity contribution in [2.45, 2.75) is 44.7 Å². The highest BCUT2D eigenvalue weighted by molar-refractivity contribution is 5.71. The van der Waals surface area contributed by atoms with Gasteiger partial charge in [-0.25, -0.2) is 9.97 Å². The summed E-state index contributed by atoms with van der Waals surface area (Å²) in [6, 6.07) is 4.77. The van der Waals surface area contributed by atoms with Gasteiger partial charge in [-0.15, -0.1) is 0 Å². The van der Waals surface area contributed by atoms with Gasteiger partial charge in [-0.05, 0) is 31.4 Å². The molecule has 3 rings (SSSR count). The van der Waals surface area contributed by atoms with E-state index in [1.807, 2.05) is 18.3 Å². The predicted molar refractivity (Wildman–Crippen MR) is 67.8 cm³/mol. The molecule has 4 nitrogen and oxygen atoms in total. The summed E-state index contributed by atoms with van der Waals surface area (Å²) in [6.45, 7) is 2.12. The van der Waals surface area contributed by atoms with E-state index in [1.165, 1.54) is 12.8 Å². The van der Waals surface area contributed by atoms with Gasteiger partial charge in [0.05, 0.1) is 0 Å². The average molecular weight is 230 g/mol. The summed E-state index contributed by atoms with van der Waals surface area (Å²) in [5.74, 6) is 1.11. The normalized spacial score (nSPS) is 17.5. The second-order valence-corrected chi connectivity index (χ2v) is 4.85.